The lowest BCUT2D eigenvalue weighted by Gasteiger charge is -2.34. The van der Waals surface area contributed by atoms with Crippen LogP contribution in [0.3, 0.4) is 0 Å². The highest BCUT2D eigenvalue weighted by molar-refractivity contribution is 7.89. The fraction of sp³-hybridized carbons (Fsp3) is 0.353. The second-order valence-electron chi connectivity index (χ2n) is 6.26. The number of rotatable bonds is 3. The van der Waals surface area contributed by atoms with Crippen LogP contribution in [-0.2, 0) is 10.0 Å². The molecule has 1 aliphatic rings. The first-order chi connectivity index (χ1) is 12.1. The summed E-state index contributed by atoms with van der Waals surface area (Å²) in [6.45, 7) is 2.40. The van der Waals surface area contributed by atoms with E-state index in [1.807, 2.05) is 25.3 Å². The van der Waals surface area contributed by atoms with Gasteiger partial charge >= 0.3 is 0 Å². The molecule has 1 atom stereocenters. The van der Waals surface area contributed by atoms with Crippen LogP contribution in [0.4, 0.5) is 0 Å². The van der Waals surface area contributed by atoms with Gasteiger partial charge in [0.15, 0.2) is 5.65 Å². The van der Waals surface area contributed by atoms with Gasteiger partial charge in [-0.1, -0.05) is 6.42 Å². The summed E-state index contributed by atoms with van der Waals surface area (Å²) in [5.41, 5.74) is 2.38. The standard InChI is InChI=1S/C17H19N5O2S/c1-13-11-17-19-15(7-10-21(17)20-13)16-6-2-3-9-22(16)25(23,24)14-5-4-8-18-12-14/h4-5,7-8,10-12,16H,2-3,6,9H2,1H3/t16-/m0/s1. The molecule has 0 amide bonds. The zero-order valence-electron chi connectivity index (χ0n) is 13.9. The summed E-state index contributed by atoms with van der Waals surface area (Å²) >= 11 is 0. The Morgan fingerprint density at radius 2 is 2.12 bits per heavy atom. The zero-order chi connectivity index (χ0) is 17.4. The number of piperidine rings is 1. The van der Waals surface area contributed by atoms with Crippen molar-refractivity contribution in [1.82, 2.24) is 23.9 Å². The van der Waals surface area contributed by atoms with Gasteiger partial charge in [-0.25, -0.2) is 17.9 Å². The molecule has 3 aromatic rings. The summed E-state index contributed by atoms with van der Waals surface area (Å²) in [7, 11) is -3.60. The Bertz CT molecular complexity index is 1000. The van der Waals surface area contributed by atoms with E-state index in [1.165, 1.54) is 6.20 Å². The minimum atomic E-state index is -3.60. The van der Waals surface area contributed by atoms with Crippen LogP contribution in [0.25, 0.3) is 5.65 Å². The van der Waals surface area contributed by atoms with Crippen molar-refractivity contribution < 1.29 is 8.42 Å². The lowest BCUT2D eigenvalue weighted by Crippen LogP contribution is -2.38. The Morgan fingerprint density at radius 1 is 1.24 bits per heavy atom. The molecule has 7 nitrogen and oxygen atoms in total. The third kappa shape index (κ3) is 2.91. The first-order valence-corrected chi connectivity index (χ1v) is 9.74. The normalized spacial score (nSPS) is 19.3. The lowest BCUT2D eigenvalue weighted by atomic mass is 10.0. The molecule has 130 valence electrons. The van der Waals surface area contributed by atoms with Gasteiger partial charge in [-0.3, -0.25) is 4.98 Å². The molecule has 4 rings (SSSR count). The van der Waals surface area contributed by atoms with Crippen molar-refractivity contribution in [3.05, 3.63) is 54.2 Å². The Morgan fingerprint density at radius 3 is 2.92 bits per heavy atom. The summed E-state index contributed by atoms with van der Waals surface area (Å²) in [6.07, 6.45) is 7.41. The average molecular weight is 357 g/mol. The van der Waals surface area contributed by atoms with Crippen LogP contribution in [0, 0.1) is 6.92 Å². The van der Waals surface area contributed by atoms with Gasteiger partial charge in [0.25, 0.3) is 0 Å². The van der Waals surface area contributed by atoms with Crippen LogP contribution < -0.4 is 0 Å². The Balaban J connectivity index is 1.75. The quantitative estimate of drug-likeness (QED) is 0.719. The minimum absolute atomic E-state index is 0.225. The van der Waals surface area contributed by atoms with E-state index in [4.69, 9.17) is 0 Å². The fourth-order valence-electron chi connectivity index (χ4n) is 3.32. The molecule has 0 unspecified atom stereocenters. The predicted octanol–water partition coefficient (Wildman–Crippen LogP) is 2.35. The summed E-state index contributed by atoms with van der Waals surface area (Å²) < 4.78 is 29.4. The summed E-state index contributed by atoms with van der Waals surface area (Å²) in [6, 6.07) is 6.73. The third-order valence-corrected chi connectivity index (χ3v) is 6.40. The van der Waals surface area contributed by atoms with Crippen LogP contribution >= 0.6 is 0 Å². The molecular formula is C17H19N5O2S. The molecule has 0 N–H and O–H groups in total. The van der Waals surface area contributed by atoms with Gasteiger partial charge in [-0.15, -0.1) is 0 Å². The highest BCUT2D eigenvalue weighted by Crippen LogP contribution is 2.34. The van der Waals surface area contributed by atoms with Gasteiger partial charge in [-0.05, 0) is 38.0 Å². The van der Waals surface area contributed by atoms with E-state index in [1.54, 1.807) is 27.2 Å². The number of pyridine rings is 1. The second kappa shape index (κ2) is 6.20. The minimum Gasteiger partial charge on any atom is -0.263 e. The Hall–Kier alpha value is -2.32. The summed E-state index contributed by atoms with van der Waals surface area (Å²) in [4.78, 5) is 8.84. The zero-order valence-corrected chi connectivity index (χ0v) is 14.7. The number of hydrogen-bond acceptors (Lipinski definition) is 5. The molecule has 1 aliphatic heterocycles. The number of nitrogens with zero attached hydrogens (tertiary/aromatic N) is 5. The molecule has 4 heterocycles. The molecule has 0 aromatic carbocycles. The van der Waals surface area contributed by atoms with Gasteiger partial charge in [0.05, 0.1) is 17.4 Å². The van der Waals surface area contributed by atoms with Crippen molar-refractivity contribution in [2.45, 2.75) is 37.1 Å². The monoisotopic (exact) mass is 357 g/mol. The van der Waals surface area contributed by atoms with Crippen molar-refractivity contribution in [2.75, 3.05) is 6.54 Å². The van der Waals surface area contributed by atoms with E-state index < -0.39 is 10.0 Å². The first kappa shape index (κ1) is 16.2. The van der Waals surface area contributed by atoms with Gasteiger partial charge in [0, 0.05) is 31.2 Å². The first-order valence-electron chi connectivity index (χ1n) is 8.30. The van der Waals surface area contributed by atoms with Gasteiger partial charge in [0.2, 0.25) is 10.0 Å². The summed E-state index contributed by atoms with van der Waals surface area (Å²) in [5.74, 6) is 0. The number of fused-ring (bicyclic) bond motifs is 1. The van der Waals surface area contributed by atoms with E-state index in [0.717, 1.165) is 36.3 Å². The molecule has 0 saturated carbocycles. The van der Waals surface area contributed by atoms with E-state index in [9.17, 15) is 8.42 Å². The van der Waals surface area contributed by atoms with Crippen LogP contribution in [0.15, 0.2) is 47.8 Å². The van der Waals surface area contributed by atoms with E-state index in [2.05, 4.69) is 15.1 Å². The topological polar surface area (TPSA) is 80.5 Å². The van der Waals surface area contributed by atoms with Gasteiger partial charge in [-0.2, -0.15) is 9.40 Å². The van der Waals surface area contributed by atoms with Crippen molar-refractivity contribution in [3.63, 3.8) is 0 Å². The molecule has 1 saturated heterocycles. The maximum atomic E-state index is 13.1. The SMILES string of the molecule is Cc1cc2nc([C@@H]3CCCCN3S(=O)(=O)c3cccnc3)ccn2n1. The molecule has 0 radical (unpaired) electrons. The van der Waals surface area contributed by atoms with E-state index in [-0.39, 0.29) is 10.9 Å². The maximum Gasteiger partial charge on any atom is 0.245 e. The highest BCUT2D eigenvalue weighted by Gasteiger charge is 2.35. The molecular weight excluding hydrogens is 338 g/mol. The van der Waals surface area contributed by atoms with Crippen LogP contribution in [0.2, 0.25) is 0 Å². The smallest absolute Gasteiger partial charge is 0.245 e. The highest BCUT2D eigenvalue weighted by atomic mass is 32.2. The number of aromatic nitrogens is 4. The Labute approximate surface area is 146 Å². The largest absolute Gasteiger partial charge is 0.263 e. The van der Waals surface area contributed by atoms with Crippen LogP contribution in [-0.4, -0.2) is 38.8 Å². The molecule has 1 fully saturated rings. The van der Waals surface area contributed by atoms with Gasteiger partial charge < -0.3 is 0 Å². The number of hydrogen-bond donors (Lipinski definition) is 0. The maximum absolute atomic E-state index is 13.1. The predicted molar refractivity (Wildman–Crippen MR) is 92.4 cm³/mol. The third-order valence-electron chi connectivity index (χ3n) is 4.50. The average Bonchev–Trinajstić information content (AvgIpc) is 3.01. The number of aryl methyl sites for hydroxylation is 1. The lowest BCUT2D eigenvalue weighted by molar-refractivity contribution is 0.251. The van der Waals surface area contributed by atoms with E-state index in [0.29, 0.717) is 6.54 Å². The van der Waals surface area contributed by atoms with Crippen molar-refractivity contribution in [2.24, 2.45) is 0 Å². The van der Waals surface area contributed by atoms with E-state index >= 15 is 0 Å². The molecule has 0 bridgehead atoms. The molecule has 0 aliphatic carbocycles. The molecule has 0 spiro atoms. The number of sulfonamides is 1. The Kier molecular flexibility index (Phi) is 4.01. The summed E-state index contributed by atoms with van der Waals surface area (Å²) in [5, 5.41) is 4.33. The fourth-order valence-corrected chi connectivity index (χ4v) is 4.95. The van der Waals surface area contributed by atoms with Crippen LogP contribution in [0.1, 0.15) is 36.7 Å². The van der Waals surface area contributed by atoms with Crippen molar-refractivity contribution >= 4 is 15.7 Å². The molecule has 25 heavy (non-hydrogen) atoms. The van der Waals surface area contributed by atoms with Crippen LogP contribution in [0.5, 0.6) is 0 Å². The van der Waals surface area contributed by atoms with Crippen molar-refractivity contribution in [1.29, 1.82) is 0 Å². The molecule has 8 heteroatoms. The van der Waals surface area contributed by atoms with Crippen molar-refractivity contribution in [3.8, 4) is 0 Å². The second-order valence-corrected chi connectivity index (χ2v) is 8.15. The molecule has 3 aromatic heterocycles. The van der Waals surface area contributed by atoms with Gasteiger partial charge in [0.1, 0.15) is 4.90 Å².